The number of carboxylic acid groups (broad SMARTS) is 1. The average Bonchev–Trinajstić information content (AvgIpc) is 2.73. The first-order chi connectivity index (χ1) is 15.8. The summed E-state index contributed by atoms with van der Waals surface area (Å²) >= 11 is 0. The number of ketones is 1. The lowest BCUT2D eigenvalue weighted by Gasteiger charge is -2.48. The van der Waals surface area contributed by atoms with E-state index in [1.807, 2.05) is 102 Å². The van der Waals surface area contributed by atoms with Gasteiger partial charge in [-0.2, -0.15) is 0 Å². The smallest absolute Gasteiger partial charge is 0.331 e. The molecule has 34 heavy (non-hydrogen) atoms. The van der Waals surface area contributed by atoms with Crippen LogP contribution in [0.5, 0.6) is 0 Å². The third-order valence-electron chi connectivity index (χ3n) is 6.20. The molecule has 0 aliphatic heterocycles. The fourth-order valence-corrected chi connectivity index (χ4v) is 3.87. The summed E-state index contributed by atoms with van der Waals surface area (Å²) in [7, 11) is 0. The van der Waals surface area contributed by atoms with E-state index >= 15 is 0 Å². The Kier molecular flexibility index (Phi) is 11.1. The number of carbonyl (C=O) groups is 2. The highest BCUT2D eigenvalue weighted by Crippen LogP contribution is 2.46. The molecular formula is C30H40O4. The van der Waals surface area contributed by atoms with Crippen LogP contribution in [0.25, 0.3) is 0 Å². The van der Waals surface area contributed by atoms with Crippen LogP contribution in [0, 0.1) is 11.3 Å². The molecule has 1 aliphatic rings. The molecule has 1 rings (SSSR count). The van der Waals surface area contributed by atoms with E-state index in [1.165, 1.54) is 0 Å². The Hall–Kier alpha value is -2.98. The van der Waals surface area contributed by atoms with Gasteiger partial charge in [0.2, 0.25) is 0 Å². The number of aliphatic carboxylic acids is 1. The second kappa shape index (κ2) is 13.0. The highest BCUT2D eigenvalue weighted by molar-refractivity contribution is 5.86. The lowest BCUT2D eigenvalue weighted by Crippen LogP contribution is -2.53. The van der Waals surface area contributed by atoms with Crippen molar-refractivity contribution < 1.29 is 19.8 Å². The van der Waals surface area contributed by atoms with Gasteiger partial charge >= 0.3 is 5.97 Å². The Labute approximate surface area is 205 Å². The number of hydrogen-bond donors (Lipinski definition) is 2. The van der Waals surface area contributed by atoms with Gasteiger partial charge in [0.25, 0.3) is 0 Å². The molecule has 184 valence electrons. The lowest BCUT2D eigenvalue weighted by molar-refractivity contribution is -0.142. The molecule has 1 saturated carbocycles. The third-order valence-corrected chi connectivity index (χ3v) is 6.20. The maximum atomic E-state index is 11.9. The quantitative estimate of drug-likeness (QED) is 0.289. The summed E-state index contributed by atoms with van der Waals surface area (Å²) in [5, 5.41) is 20.1. The Bertz CT molecular complexity index is 993. The van der Waals surface area contributed by atoms with Gasteiger partial charge in [-0.1, -0.05) is 110 Å². The van der Waals surface area contributed by atoms with Crippen LogP contribution in [0.15, 0.2) is 95.2 Å². The largest absolute Gasteiger partial charge is 0.478 e. The number of aliphatic hydroxyl groups is 1. The molecule has 2 atom stereocenters. The van der Waals surface area contributed by atoms with E-state index in [9.17, 15) is 14.7 Å². The van der Waals surface area contributed by atoms with Crippen LogP contribution >= 0.6 is 0 Å². The van der Waals surface area contributed by atoms with Crippen molar-refractivity contribution in [1.29, 1.82) is 0 Å². The van der Waals surface area contributed by atoms with Crippen LogP contribution in [-0.2, 0) is 9.59 Å². The van der Waals surface area contributed by atoms with Gasteiger partial charge in [0.05, 0.1) is 5.60 Å². The van der Waals surface area contributed by atoms with Crippen LogP contribution in [0.2, 0.25) is 0 Å². The minimum absolute atomic E-state index is 0.112. The van der Waals surface area contributed by atoms with Gasteiger partial charge < -0.3 is 10.2 Å². The summed E-state index contributed by atoms with van der Waals surface area (Å²) in [5.74, 6) is -0.815. The van der Waals surface area contributed by atoms with E-state index in [1.54, 1.807) is 19.1 Å². The molecule has 1 aliphatic carbocycles. The number of carbonyl (C=O) groups excluding carboxylic acids is 1. The maximum absolute atomic E-state index is 11.9. The average molecular weight is 465 g/mol. The first-order valence-electron chi connectivity index (χ1n) is 11.7. The van der Waals surface area contributed by atoms with E-state index in [-0.39, 0.29) is 11.7 Å². The standard InChI is InChI=1S/C30H40O4/c1-22(12-8-9-13-23(2)16-11-17-25(4)28(32)33)14-10-15-24(3)18-19-30(34)26(5)20-27(31)21-29(30,6)7/h8-19,26,34H,20-21H2,1-7H3,(H,32,33)/b9-8+,14-10+,16-11+,19-18+,22-12+,23-13+,24-15+,25-17+. The van der Waals surface area contributed by atoms with Crippen molar-refractivity contribution in [3.05, 3.63) is 95.2 Å². The van der Waals surface area contributed by atoms with Gasteiger partial charge in [0.1, 0.15) is 5.78 Å². The van der Waals surface area contributed by atoms with Crippen LogP contribution in [0.3, 0.4) is 0 Å². The molecule has 0 aromatic carbocycles. The van der Waals surface area contributed by atoms with Crippen molar-refractivity contribution in [3.63, 3.8) is 0 Å². The second-order valence-electron chi connectivity index (χ2n) is 9.85. The van der Waals surface area contributed by atoms with E-state index in [2.05, 4.69) is 0 Å². The van der Waals surface area contributed by atoms with Crippen molar-refractivity contribution in [2.45, 2.75) is 66.9 Å². The van der Waals surface area contributed by atoms with Crippen LogP contribution < -0.4 is 0 Å². The van der Waals surface area contributed by atoms with Crippen molar-refractivity contribution in [2.24, 2.45) is 11.3 Å². The molecule has 0 radical (unpaired) electrons. The summed E-state index contributed by atoms with van der Waals surface area (Å²) in [4.78, 5) is 22.7. The highest BCUT2D eigenvalue weighted by Gasteiger charge is 2.50. The number of hydrogen-bond acceptors (Lipinski definition) is 3. The van der Waals surface area contributed by atoms with E-state index in [4.69, 9.17) is 5.11 Å². The van der Waals surface area contributed by atoms with Crippen LogP contribution in [-0.4, -0.2) is 27.6 Å². The maximum Gasteiger partial charge on any atom is 0.331 e. The van der Waals surface area contributed by atoms with Crippen molar-refractivity contribution in [2.75, 3.05) is 0 Å². The number of rotatable bonds is 9. The third kappa shape index (κ3) is 9.11. The summed E-state index contributed by atoms with van der Waals surface area (Å²) < 4.78 is 0. The second-order valence-corrected chi connectivity index (χ2v) is 9.85. The minimum Gasteiger partial charge on any atom is -0.478 e. The van der Waals surface area contributed by atoms with Crippen molar-refractivity contribution >= 4 is 11.8 Å². The van der Waals surface area contributed by atoms with Crippen LogP contribution in [0.4, 0.5) is 0 Å². The summed E-state index contributed by atoms with van der Waals surface area (Å²) in [6.07, 6.45) is 23.6. The highest BCUT2D eigenvalue weighted by atomic mass is 16.4. The molecule has 0 heterocycles. The van der Waals surface area contributed by atoms with Gasteiger partial charge in [-0.05, 0) is 33.6 Å². The van der Waals surface area contributed by atoms with Gasteiger partial charge in [0, 0.05) is 23.8 Å². The monoisotopic (exact) mass is 464 g/mol. The van der Waals surface area contributed by atoms with Gasteiger partial charge in [-0.15, -0.1) is 0 Å². The Morgan fingerprint density at radius 2 is 1.32 bits per heavy atom. The summed E-state index contributed by atoms with van der Waals surface area (Å²) in [6, 6.07) is 0. The zero-order valence-corrected chi connectivity index (χ0v) is 21.6. The Morgan fingerprint density at radius 1 is 0.853 bits per heavy atom. The van der Waals surface area contributed by atoms with Crippen LogP contribution in [0.1, 0.15) is 61.3 Å². The zero-order chi connectivity index (χ0) is 25.9. The lowest BCUT2D eigenvalue weighted by atomic mass is 9.60. The molecule has 0 bridgehead atoms. The topological polar surface area (TPSA) is 74.6 Å². The predicted molar refractivity (Wildman–Crippen MR) is 141 cm³/mol. The molecule has 4 nitrogen and oxygen atoms in total. The molecule has 0 amide bonds. The van der Waals surface area contributed by atoms with E-state index < -0.39 is 17.0 Å². The predicted octanol–water partition coefficient (Wildman–Crippen LogP) is 6.84. The number of Topliss-reactive ketones (excluding diaryl/α,β-unsaturated/α-hetero) is 1. The fraction of sp³-hybridized carbons (Fsp3) is 0.400. The minimum atomic E-state index is -1.01. The van der Waals surface area contributed by atoms with Gasteiger partial charge in [0.15, 0.2) is 0 Å². The van der Waals surface area contributed by atoms with Crippen molar-refractivity contribution in [1.82, 2.24) is 0 Å². The van der Waals surface area contributed by atoms with Gasteiger partial charge in [-0.25, -0.2) is 4.79 Å². The van der Waals surface area contributed by atoms with Gasteiger partial charge in [-0.3, -0.25) is 4.79 Å². The molecule has 1 fully saturated rings. The zero-order valence-electron chi connectivity index (χ0n) is 21.6. The molecule has 0 saturated heterocycles. The molecule has 0 aromatic heterocycles. The molecule has 2 N–H and O–H groups in total. The van der Waals surface area contributed by atoms with Crippen molar-refractivity contribution in [3.8, 4) is 0 Å². The Balaban J connectivity index is 2.72. The molecular weight excluding hydrogens is 424 g/mol. The molecule has 2 unspecified atom stereocenters. The summed E-state index contributed by atoms with van der Waals surface area (Å²) in [6.45, 7) is 13.4. The molecule has 0 spiro atoms. The fourth-order valence-electron chi connectivity index (χ4n) is 3.87. The van der Waals surface area contributed by atoms with E-state index in [0.29, 0.717) is 18.4 Å². The van der Waals surface area contributed by atoms with E-state index in [0.717, 1.165) is 16.7 Å². The first kappa shape index (κ1) is 29.1. The molecule has 4 heteroatoms. The normalized spacial score (nSPS) is 25.4. The summed E-state index contributed by atoms with van der Waals surface area (Å²) in [5.41, 5.74) is 1.92. The first-order valence-corrected chi connectivity index (χ1v) is 11.7. The molecule has 0 aromatic rings. The number of allylic oxidation sites excluding steroid dienone is 14. The Morgan fingerprint density at radius 3 is 1.82 bits per heavy atom. The SMILES string of the molecule is CC(/C=C/C=C(C)/C=C/C1(O)C(C)CC(=O)CC1(C)C)=C\C=C\C=C(C)\C=C\C=C(/C)C(=O)O. The number of carboxylic acids is 1.